The molecule has 1 N–H and O–H groups in total. The van der Waals surface area contributed by atoms with Gasteiger partial charge >= 0.3 is 0 Å². The Bertz CT molecular complexity index is 248. The van der Waals surface area contributed by atoms with Crippen molar-refractivity contribution >= 4 is 0 Å². The quantitative estimate of drug-likeness (QED) is 0.544. The maximum absolute atomic E-state index is 3.87. The highest BCUT2D eigenvalue weighted by Gasteiger charge is 2.25. The SMILES string of the molecule is CCCNC(C1=CCCCC1)C1CCCCCC1. The monoisotopic (exact) mass is 249 g/mol. The molecule has 1 nitrogen and oxygen atoms in total. The van der Waals surface area contributed by atoms with Crippen molar-refractivity contribution in [2.45, 2.75) is 83.6 Å². The van der Waals surface area contributed by atoms with Gasteiger partial charge in [-0.2, -0.15) is 0 Å². The predicted octanol–water partition coefficient (Wildman–Crippen LogP) is 4.83. The molecule has 1 fully saturated rings. The van der Waals surface area contributed by atoms with Crippen LogP contribution in [0.5, 0.6) is 0 Å². The van der Waals surface area contributed by atoms with Crippen LogP contribution >= 0.6 is 0 Å². The Balaban J connectivity index is 1.99. The van der Waals surface area contributed by atoms with E-state index in [1.165, 1.54) is 77.2 Å². The largest absolute Gasteiger partial charge is 0.310 e. The molecule has 0 radical (unpaired) electrons. The van der Waals surface area contributed by atoms with E-state index in [-0.39, 0.29) is 0 Å². The van der Waals surface area contributed by atoms with Gasteiger partial charge in [-0.1, -0.05) is 44.3 Å². The second kappa shape index (κ2) is 7.99. The summed E-state index contributed by atoms with van der Waals surface area (Å²) in [6.07, 6.45) is 18.1. The van der Waals surface area contributed by atoms with Crippen LogP contribution in [0, 0.1) is 5.92 Å². The third-order valence-corrected chi connectivity index (χ3v) is 4.71. The minimum atomic E-state index is 0.711. The molecular formula is C17H31N. The van der Waals surface area contributed by atoms with Crippen LogP contribution in [-0.4, -0.2) is 12.6 Å². The fourth-order valence-corrected chi connectivity index (χ4v) is 3.69. The Kier molecular flexibility index (Phi) is 6.26. The average Bonchev–Trinajstić information content (AvgIpc) is 2.70. The smallest absolute Gasteiger partial charge is 0.0307 e. The molecule has 1 unspecified atom stereocenters. The lowest BCUT2D eigenvalue weighted by atomic mass is 9.82. The molecule has 2 rings (SSSR count). The number of allylic oxidation sites excluding steroid dienone is 1. The van der Waals surface area contributed by atoms with E-state index >= 15 is 0 Å². The summed E-state index contributed by atoms with van der Waals surface area (Å²) in [5, 5.41) is 3.87. The standard InChI is InChI=1S/C17H31N/c1-2-14-18-17(16-12-8-5-9-13-16)15-10-6-3-4-7-11-15/h12,15,17-18H,2-11,13-14H2,1H3. The zero-order valence-electron chi connectivity index (χ0n) is 12.2. The van der Waals surface area contributed by atoms with Crippen LogP contribution in [0.3, 0.4) is 0 Å². The summed E-state index contributed by atoms with van der Waals surface area (Å²) in [4.78, 5) is 0. The Morgan fingerprint density at radius 1 is 1.11 bits per heavy atom. The zero-order valence-corrected chi connectivity index (χ0v) is 12.2. The van der Waals surface area contributed by atoms with Crippen molar-refractivity contribution in [3.8, 4) is 0 Å². The molecule has 2 aliphatic carbocycles. The van der Waals surface area contributed by atoms with E-state index in [1.54, 1.807) is 5.57 Å². The Labute approximate surface area is 113 Å². The first-order valence-corrected chi connectivity index (χ1v) is 8.34. The maximum Gasteiger partial charge on any atom is 0.0307 e. The lowest BCUT2D eigenvalue weighted by Crippen LogP contribution is -2.38. The predicted molar refractivity (Wildman–Crippen MR) is 79.8 cm³/mol. The van der Waals surface area contributed by atoms with Gasteiger partial charge in [-0.05, 0) is 57.4 Å². The molecule has 2 aliphatic rings. The third kappa shape index (κ3) is 4.12. The molecule has 0 saturated heterocycles. The normalized spacial score (nSPS) is 24.4. The first kappa shape index (κ1) is 14.1. The van der Waals surface area contributed by atoms with E-state index in [0.29, 0.717) is 6.04 Å². The van der Waals surface area contributed by atoms with Crippen molar-refractivity contribution in [2.75, 3.05) is 6.54 Å². The van der Waals surface area contributed by atoms with Gasteiger partial charge in [0.15, 0.2) is 0 Å². The maximum atomic E-state index is 3.87. The zero-order chi connectivity index (χ0) is 12.6. The second-order valence-corrected chi connectivity index (χ2v) is 6.21. The summed E-state index contributed by atoms with van der Waals surface area (Å²) in [6, 6.07) is 0.711. The van der Waals surface area contributed by atoms with Crippen molar-refractivity contribution in [3.05, 3.63) is 11.6 Å². The Hall–Kier alpha value is -0.300. The van der Waals surface area contributed by atoms with E-state index in [4.69, 9.17) is 0 Å². The van der Waals surface area contributed by atoms with Gasteiger partial charge in [0, 0.05) is 6.04 Å². The molecule has 1 atom stereocenters. The molecule has 1 heteroatoms. The van der Waals surface area contributed by atoms with Gasteiger partial charge in [-0.3, -0.25) is 0 Å². The Morgan fingerprint density at radius 2 is 1.89 bits per heavy atom. The van der Waals surface area contributed by atoms with Crippen LogP contribution in [0.2, 0.25) is 0 Å². The summed E-state index contributed by atoms with van der Waals surface area (Å²) in [5.41, 5.74) is 1.75. The highest BCUT2D eigenvalue weighted by atomic mass is 14.9. The molecule has 0 aromatic rings. The fraction of sp³-hybridized carbons (Fsp3) is 0.882. The number of hydrogen-bond donors (Lipinski definition) is 1. The summed E-state index contributed by atoms with van der Waals surface area (Å²) in [7, 11) is 0. The molecule has 18 heavy (non-hydrogen) atoms. The third-order valence-electron chi connectivity index (χ3n) is 4.71. The highest BCUT2D eigenvalue weighted by Crippen LogP contribution is 2.32. The number of hydrogen-bond acceptors (Lipinski definition) is 1. The van der Waals surface area contributed by atoms with Crippen molar-refractivity contribution in [1.82, 2.24) is 5.32 Å². The van der Waals surface area contributed by atoms with Crippen LogP contribution in [0.25, 0.3) is 0 Å². The molecule has 104 valence electrons. The van der Waals surface area contributed by atoms with E-state index in [2.05, 4.69) is 18.3 Å². The lowest BCUT2D eigenvalue weighted by Gasteiger charge is -2.31. The minimum absolute atomic E-state index is 0.711. The van der Waals surface area contributed by atoms with Crippen molar-refractivity contribution < 1.29 is 0 Å². The fourth-order valence-electron chi connectivity index (χ4n) is 3.69. The summed E-state index contributed by atoms with van der Waals surface area (Å²) < 4.78 is 0. The molecule has 1 saturated carbocycles. The summed E-state index contributed by atoms with van der Waals surface area (Å²) in [6.45, 7) is 3.48. The number of nitrogens with one attached hydrogen (secondary N) is 1. The Morgan fingerprint density at radius 3 is 2.50 bits per heavy atom. The molecule has 0 aromatic carbocycles. The first-order valence-electron chi connectivity index (χ1n) is 8.34. The van der Waals surface area contributed by atoms with Crippen molar-refractivity contribution in [3.63, 3.8) is 0 Å². The highest BCUT2D eigenvalue weighted by molar-refractivity contribution is 5.15. The van der Waals surface area contributed by atoms with Crippen LogP contribution in [-0.2, 0) is 0 Å². The van der Waals surface area contributed by atoms with Gasteiger partial charge in [-0.25, -0.2) is 0 Å². The van der Waals surface area contributed by atoms with Crippen LogP contribution in [0.4, 0.5) is 0 Å². The molecule has 0 spiro atoms. The van der Waals surface area contributed by atoms with E-state index < -0.39 is 0 Å². The van der Waals surface area contributed by atoms with Crippen molar-refractivity contribution in [1.29, 1.82) is 0 Å². The minimum Gasteiger partial charge on any atom is -0.310 e. The van der Waals surface area contributed by atoms with Crippen LogP contribution < -0.4 is 5.32 Å². The van der Waals surface area contributed by atoms with E-state index in [0.717, 1.165) is 5.92 Å². The van der Waals surface area contributed by atoms with Crippen molar-refractivity contribution in [2.24, 2.45) is 5.92 Å². The number of rotatable bonds is 5. The average molecular weight is 249 g/mol. The van der Waals surface area contributed by atoms with Crippen LogP contribution in [0.1, 0.15) is 77.6 Å². The van der Waals surface area contributed by atoms with Crippen LogP contribution in [0.15, 0.2) is 11.6 Å². The van der Waals surface area contributed by atoms with Gasteiger partial charge in [0.1, 0.15) is 0 Å². The molecule has 0 aliphatic heterocycles. The first-order chi connectivity index (χ1) is 8.92. The lowest BCUT2D eigenvalue weighted by molar-refractivity contribution is 0.342. The molecule has 0 heterocycles. The van der Waals surface area contributed by atoms with Gasteiger partial charge in [0.2, 0.25) is 0 Å². The molecular weight excluding hydrogens is 218 g/mol. The summed E-state index contributed by atoms with van der Waals surface area (Å²) >= 11 is 0. The van der Waals surface area contributed by atoms with Gasteiger partial charge in [0.05, 0.1) is 0 Å². The van der Waals surface area contributed by atoms with E-state index in [1.807, 2.05) is 0 Å². The van der Waals surface area contributed by atoms with Gasteiger partial charge < -0.3 is 5.32 Å². The van der Waals surface area contributed by atoms with Gasteiger partial charge in [0.25, 0.3) is 0 Å². The topological polar surface area (TPSA) is 12.0 Å². The molecule has 0 amide bonds. The van der Waals surface area contributed by atoms with Gasteiger partial charge in [-0.15, -0.1) is 0 Å². The molecule has 0 bridgehead atoms. The summed E-state index contributed by atoms with van der Waals surface area (Å²) in [5.74, 6) is 0.920. The van der Waals surface area contributed by atoms with E-state index in [9.17, 15) is 0 Å². The molecule has 0 aromatic heterocycles. The second-order valence-electron chi connectivity index (χ2n) is 6.21.